The van der Waals surface area contributed by atoms with Gasteiger partial charge in [-0.15, -0.1) is 11.3 Å². The number of hydrogen-bond acceptors (Lipinski definition) is 4. The normalized spacial score (nSPS) is 11.3. The summed E-state index contributed by atoms with van der Waals surface area (Å²) in [5.74, 6) is 0. The van der Waals surface area contributed by atoms with Gasteiger partial charge in [0.1, 0.15) is 0 Å². The van der Waals surface area contributed by atoms with Crippen molar-refractivity contribution >= 4 is 11.3 Å². The van der Waals surface area contributed by atoms with Crippen molar-refractivity contribution in [2.45, 2.75) is 39.9 Å². The molecule has 4 nitrogen and oxygen atoms in total. The minimum atomic E-state index is 0.487. The van der Waals surface area contributed by atoms with Crippen molar-refractivity contribution in [1.82, 2.24) is 19.9 Å². The van der Waals surface area contributed by atoms with E-state index in [-0.39, 0.29) is 0 Å². The molecule has 17 heavy (non-hydrogen) atoms. The number of nitrogens with zero attached hydrogens (tertiary/aromatic N) is 3. The van der Waals surface area contributed by atoms with E-state index in [4.69, 9.17) is 0 Å². The van der Waals surface area contributed by atoms with Crippen LogP contribution < -0.4 is 5.32 Å². The molecule has 0 saturated carbocycles. The summed E-state index contributed by atoms with van der Waals surface area (Å²) in [5.41, 5.74) is 2.18. The minimum absolute atomic E-state index is 0.487. The van der Waals surface area contributed by atoms with Gasteiger partial charge in [-0.3, -0.25) is 0 Å². The Balaban J connectivity index is 1.94. The Morgan fingerprint density at radius 2 is 2.24 bits per heavy atom. The SMILES string of the molecule is Cc1nc(Cn2cnc(CNC(C)C)c2)cs1. The second kappa shape index (κ2) is 5.42. The first-order chi connectivity index (χ1) is 8.13. The Morgan fingerprint density at radius 3 is 2.88 bits per heavy atom. The van der Waals surface area contributed by atoms with Crippen molar-refractivity contribution in [3.63, 3.8) is 0 Å². The molecule has 5 heteroatoms. The summed E-state index contributed by atoms with van der Waals surface area (Å²) < 4.78 is 2.08. The van der Waals surface area contributed by atoms with Crippen LogP contribution in [0.5, 0.6) is 0 Å². The van der Waals surface area contributed by atoms with Crippen LogP contribution in [-0.2, 0) is 13.1 Å². The van der Waals surface area contributed by atoms with E-state index in [0.717, 1.165) is 29.5 Å². The van der Waals surface area contributed by atoms with Gasteiger partial charge in [0.2, 0.25) is 0 Å². The molecule has 92 valence electrons. The first-order valence-corrected chi connectivity index (χ1v) is 6.66. The van der Waals surface area contributed by atoms with E-state index >= 15 is 0 Å². The van der Waals surface area contributed by atoms with E-state index in [2.05, 4.69) is 45.3 Å². The molecule has 1 N–H and O–H groups in total. The third-order valence-corrected chi connectivity index (χ3v) is 3.21. The number of aromatic nitrogens is 3. The van der Waals surface area contributed by atoms with E-state index in [1.165, 1.54) is 0 Å². The fourth-order valence-corrected chi connectivity index (χ4v) is 2.16. The maximum absolute atomic E-state index is 4.44. The third-order valence-electron chi connectivity index (χ3n) is 2.39. The number of aryl methyl sites for hydroxylation is 1. The zero-order chi connectivity index (χ0) is 12.3. The van der Waals surface area contributed by atoms with Crippen LogP contribution >= 0.6 is 11.3 Å². The fraction of sp³-hybridized carbons (Fsp3) is 0.500. The second-order valence-corrected chi connectivity index (χ2v) is 5.49. The highest BCUT2D eigenvalue weighted by Gasteiger charge is 2.02. The highest BCUT2D eigenvalue weighted by atomic mass is 32.1. The maximum atomic E-state index is 4.44. The monoisotopic (exact) mass is 250 g/mol. The molecule has 0 aliphatic carbocycles. The zero-order valence-corrected chi connectivity index (χ0v) is 11.3. The lowest BCUT2D eigenvalue weighted by molar-refractivity contribution is 0.582. The molecule has 0 radical (unpaired) electrons. The van der Waals surface area contributed by atoms with Gasteiger partial charge in [-0.25, -0.2) is 9.97 Å². The molecule has 0 atom stereocenters. The largest absolute Gasteiger partial charge is 0.331 e. The highest BCUT2D eigenvalue weighted by Crippen LogP contribution is 2.09. The number of imidazole rings is 1. The van der Waals surface area contributed by atoms with Crippen molar-refractivity contribution in [1.29, 1.82) is 0 Å². The molecule has 0 bridgehead atoms. The predicted octanol–water partition coefficient (Wildman–Crippen LogP) is 2.19. The Hall–Kier alpha value is -1.20. The summed E-state index contributed by atoms with van der Waals surface area (Å²) in [6, 6.07) is 0.487. The molecule has 0 aliphatic rings. The quantitative estimate of drug-likeness (QED) is 0.884. The molecule has 2 rings (SSSR count). The molecule has 0 saturated heterocycles. The molecule has 0 fully saturated rings. The van der Waals surface area contributed by atoms with E-state index in [1.54, 1.807) is 11.3 Å². The van der Waals surface area contributed by atoms with Crippen LogP contribution in [0.25, 0.3) is 0 Å². The standard InChI is InChI=1S/C12H18N4S/c1-9(2)13-4-11-5-16(8-14-11)6-12-7-17-10(3)15-12/h5,7-9,13H,4,6H2,1-3H3. The van der Waals surface area contributed by atoms with Crippen molar-refractivity contribution in [3.8, 4) is 0 Å². The topological polar surface area (TPSA) is 42.7 Å². The van der Waals surface area contributed by atoms with Gasteiger partial charge in [-0.1, -0.05) is 13.8 Å². The molecular weight excluding hydrogens is 232 g/mol. The molecule has 2 heterocycles. The average molecular weight is 250 g/mol. The summed E-state index contributed by atoms with van der Waals surface area (Å²) in [6.07, 6.45) is 3.94. The first kappa shape index (κ1) is 12.3. The molecule has 0 unspecified atom stereocenters. The number of rotatable bonds is 5. The molecule has 0 aromatic carbocycles. The van der Waals surface area contributed by atoms with Gasteiger partial charge in [0.05, 0.1) is 29.3 Å². The van der Waals surface area contributed by atoms with Crippen molar-refractivity contribution in [3.05, 3.63) is 34.3 Å². The average Bonchev–Trinajstić information content (AvgIpc) is 2.86. The van der Waals surface area contributed by atoms with E-state index in [9.17, 15) is 0 Å². The smallest absolute Gasteiger partial charge is 0.0953 e. The Bertz CT molecular complexity index is 472. The summed E-state index contributed by atoms with van der Waals surface area (Å²) >= 11 is 1.69. The number of nitrogens with one attached hydrogen (secondary N) is 1. The molecule has 0 amide bonds. The van der Waals surface area contributed by atoms with Gasteiger partial charge in [0, 0.05) is 24.2 Å². The van der Waals surface area contributed by atoms with E-state index < -0.39 is 0 Å². The van der Waals surface area contributed by atoms with Crippen LogP contribution in [0, 0.1) is 6.92 Å². The molecule has 2 aromatic rings. The summed E-state index contributed by atoms with van der Waals surface area (Å²) in [6.45, 7) is 7.92. The van der Waals surface area contributed by atoms with Gasteiger partial charge in [-0.05, 0) is 6.92 Å². The molecular formula is C12H18N4S. The van der Waals surface area contributed by atoms with Crippen LogP contribution in [-0.4, -0.2) is 20.6 Å². The first-order valence-electron chi connectivity index (χ1n) is 5.78. The summed E-state index contributed by atoms with van der Waals surface area (Å²) in [7, 11) is 0. The van der Waals surface area contributed by atoms with E-state index in [0.29, 0.717) is 6.04 Å². The lowest BCUT2D eigenvalue weighted by Crippen LogP contribution is -2.21. The van der Waals surface area contributed by atoms with Gasteiger partial charge in [-0.2, -0.15) is 0 Å². The van der Waals surface area contributed by atoms with Crippen LogP contribution in [0.2, 0.25) is 0 Å². The molecule has 2 aromatic heterocycles. The third kappa shape index (κ3) is 3.64. The van der Waals surface area contributed by atoms with E-state index in [1.807, 2.05) is 13.3 Å². The fourth-order valence-electron chi connectivity index (χ4n) is 1.56. The summed E-state index contributed by atoms with van der Waals surface area (Å²) in [4.78, 5) is 8.81. The van der Waals surface area contributed by atoms with Crippen molar-refractivity contribution in [2.24, 2.45) is 0 Å². The predicted molar refractivity (Wildman–Crippen MR) is 70.2 cm³/mol. The Morgan fingerprint density at radius 1 is 1.41 bits per heavy atom. The van der Waals surface area contributed by atoms with Gasteiger partial charge in [0.15, 0.2) is 0 Å². The van der Waals surface area contributed by atoms with Crippen molar-refractivity contribution < 1.29 is 0 Å². The van der Waals surface area contributed by atoms with Crippen molar-refractivity contribution in [2.75, 3.05) is 0 Å². The summed E-state index contributed by atoms with van der Waals surface area (Å²) in [5, 5.41) is 6.57. The van der Waals surface area contributed by atoms with Gasteiger partial charge in [0.25, 0.3) is 0 Å². The van der Waals surface area contributed by atoms with Crippen LogP contribution in [0.15, 0.2) is 17.9 Å². The zero-order valence-electron chi connectivity index (χ0n) is 10.5. The number of thiazole rings is 1. The molecule has 0 spiro atoms. The van der Waals surface area contributed by atoms with Gasteiger partial charge >= 0.3 is 0 Å². The molecule has 0 aliphatic heterocycles. The van der Waals surface area contributed by atoms with Gasteiger partial charge < -0.3 is 9.88 Å². The lowest BCUT2D eigenvalue weighted by Gasteiger charge is -2.04. The maximum Gasteiger partial charge on any atom is 0.0953 e. The Labute approximate surface area is 106 Å². The Kier molecular flexibility index (Phi) is 3.91. The lowest BCUT2D eigenvalue weighted by atomic mass is 10.3. The van der Waals surface area contributed by atoms with Crippen LogP contribution in [0.4, 0.5) is 0 Å². The second-order valence-electron chi connectivity index (χ2n) is 4.43. The highest BCUT2D eigenvalue weighted by molar-refractivity contribution is 7.09. The minimum Gasteiger partial charge on any atom is -0.331 e. The van der Waals surface area contributed by atoms with Crippen LogP contribution in [0.3, 0.4) is 0 Å². The van der Waals surface area contributed by atoms with Crippen LogP contribution in [0.1, 0.15) is 30.2 Å². The number of hydrogen-bond donors (Lipinski definition) is 1.